The molecule has 0 saturated carbocycles. The van der Waals surface area contributed by atoms with Crippen LogP contribution in [0.15, 0.2) is 28.7 Å². The first-order valence-corrected chi connectivity index (χ1v) is 8.08. The smallest absolute Gasteiger partial charge is 0.163 e. The minimum absolute atomic E-state index is 0.469. The molecule has 0 amide bonds. The number of halogens is 2. The van der Waals surface area contributed by atoms with Gasteiger partial charge in [-0.25, -0.2) is 9.97 Å². The second-order valence-corrected chi connectivity index (χ2v) is 6.03. The lowest BCUT2D eigenvalue weighted by atomic mass is 10.2. The number of ether oxygens (including phenoxy) is 1. The number of anilines is 1. The second-order valence-electron chi connectivity index (χ2n) is 4.10. The van der Waals surface area contributed by atoms with Crippen LogP contribution in [0.4, 0.5) is 5.82 Å². The van der Waals surface area contributed by atoms with Gasteiger partial charge in [-0.2, -0.15) is 0 Å². The molecule has 2 rings (SSSR count). The van der Waals surface area contributed by atoms with Gasteiger partial charge in [0.15, 0.2) is 5.82 Å². The Balaban J connectivity index is 2.56. The largest absolute Gasteiger partial charge is 0.378 e. The molecule has 0 atom stereocenters. The number of nitrogens with zero attached hydrogens (tertiary/aromatic N) is 2. The Bertz CT molecular complexity index is 580. The molecule has 20 heavy (non-hydrogen) atoms. The molecule has 0 aliphatic rings. The van der Waals surface area contributed by atoms with Crippen molar-refractivity contribution in [2.45, 2.75) is 13.5 Å². The Hall–Kier alpha value is -0.730. The highest BCUT2D eigenvalue weighted by Gasteiger charge is 2.14. The van der Waals surface area contributed by atoms with E-state index in [1.807, 2.05) is 31.2 Å². The SMILES string of the molecule is CCNc1nc(-c2ccccc2Br)nc(COC)c1I. The lowest BCUT2D eigenvalue weighted by Crippen LogP contribution is -2.08. The molecule has 1 N–H and O–H groups in total. The van der Waals surface area contributed by atoms with E-state index in [1.165, 1.54) is 0 Å². The van der Waals surface area contributed by atoms with Crippen LogP contribution in [-0.2, 0) is 11.3 Å². The van der Waals surface area contributed by atoms with Gasteiger partial charge in [-0.3, -0.25) is 0 Å². The lowest BCUT2D eigenvalue weighted by molar-refractivity contribution is 0.181. The van der Waals surface area contributed by atoms with Crippen molar-refractivity contribution in [3.8, 4) is 11.4 Å². The maximum atomic E-state index is 5.23. The van der Waals surface area contributed by atoms with Gasteiger partial charge in [0.25, 0.3) is 0 Å². The van der Waals surface area contributed by atoms with Crippen molar-refractivity contribution in [2.75, 3.05) is 19.0 Å². The zero-order chi connectivity index (χ0) is 14.5. The summed E-state index contributed by atoms with van der Waals surface area (Å²) >= 11 is 5.80. The van der Waals surface area contributed by atoms with Gasteiger partial charge < -0.3 is 10.1 Å². The standard InChI is InChI=1S/C14H15BrIN3O/c1-3-17-14-12(16)11(8-20-2)18-13(19-14)9-6-4-5-7-10(9)15/h4-7H,3,8H2,1-2H3,(H,17,18,19). The van der Waals surface area contributed by atoms with Gasteiger partial charge in [-0.05, 0) is 35.6 Å². The van der Waals surface area contributed by atoms with Crippen molar-refractivity contribution in [2.24, 2.45) is 0 Å². The quantitative estimate of drug-likeness (QED) is 0.701. The number of nitrogens with one attached hydrogen (secondary N) is 1. The van der Waals surface area contributed by atoms with Crippen LogP contribution in [0.25, 0.3) is 11.4 Å². The van der Waals surface area contributed by atoms with Crippen LogP contribution < -0.4 is 5.32 Å². The minimum atomic E-state index is 0.469. The summed E-state index contributed by atoms with van der Waals surface area (Å²) in [5.41, 5.74) is 1.87. The van der Waals surface area contributed by atoms with Crippen molar-refractivity contribution in [3.05, 3.63) is 38.0 Å². The zero-order valence-corrected chi connectivity index (χ0v) is 15.0. The van der Waals surface area contributed by atoms with E-state index in [9.17, 15) is 0 Å². The molecule has 0 spiro atoms. The summed E-state index contributed by atoms with van der Waals surface area (Å²) < 4.78 is 7.21. The van der Waals surface area contributed by atoms with Gasteiger partial charge in [0.2, 0.25) is 0 Å². The molecular formula is C14H15BrIN3O. The van der Waals surface area contributed by atoms with Crippen LogP contribution in [0.3, 0.4) is 0 Å². The first-order valence-electron chi connectivity index (χ1n) is 6.21. The van der Waals surface area contributed by atoms with Gasteiger partial charge in [-0.15, -0.1) is 0 Å². The Morgan fingerprint density at radius 3 is 2.70 bits per heavy atom. The van der Waals surface area contributed by atoms with Crippen molar-refractivity contribution in [1.29, 1.82) is 0 Å². The summed E-state index contributed by atoms with van der Waals surface area (Å²) in [5, 5.41) is 3.27. The highest BCUT2D eigenvalue weighted by Crippen LogP contribution is 2.29. The molecule has 0 saturated heterocycles. The average molecular weight is 448 g/mol. The van der Waals surface area contributed by atoms with Crippen molar-refractivity contribution in [3.63, 3.8) is 0 Å². The van der Waals surface area contributed by atoms with Gasteiger partial charge in [-0.1, -0.05) is 34.1 Å². The third-order valence-electron chi connectivity index (χ3n) is 2.66. The number of hydrogen-bond donors (Lipinski definition) is 1. The number of hydrogen-bond acceptors (Lipinski definition) is 4. The molecule has 0 bridgehead atoms. The van der Waals surface area contributed by atoms with Crippen molar-refractivity contribution in [1.82, 2.24) is 9.97 Å². The molecule has 6 heteroatoms. The number of methoxy groups -OCH3 is 1. The monoisotopic (exact) mass is 447 g/mol. The predicted octanol–water partition coefficient (Wildman–Crippen LogP) is 4.09. The Morgan fingerprint density at radius 2 is 2.05 bits per heavy atom. The summed E-state index contributed by atoms with van der Waals surface area (Å²) in [7, 11) is 1.67. The molecule has 0 radical (unpaired) electrons. The van der Waals surface area contributed by atoms with E-state index in [-0.39, 0.29) is 0 Å². The summed E-state index contributed by atoms with van der Waals surface area (Å²) in [6.07, 6.45) is 0. The molecule has 0 aliphatic carbocycles. The maximum absolute atomic E-state index is 5.23. The van der Waals surface area contributed by atoms with Crippen LogP contribution in [0.2, 0.25) is 0 Å². The van der Waals surface area contributed by atoms with Gasteiger partial charge in [0, 0.05) is 23.7 Å². The van der Waals surface area contributed by atoms with Crippen LogP contribution in [0.1, 0.15) is 12.6 Å². The second kappa shape index (κ2) is 7.33. The Labute approximate surface area is 140 Å². The molecule has 0 unspecified atom stereocenters. The minimum Gasteiger partial charge on any atom is -0.378 e. The highest BCUT2D eigenvalue weighted by atomic mass is 127. The third kappa shape index (κ3) is 3.48. The summed E-state index contributed by atoms with van der Waals surface area (Å²) in [5.74, 6) is 1.54. The molecule has 0 aliphatic heterocycles. The molecule has 106 valence electrons. The maximum Gasteiger partial charge on any atom is 0.163 e. The fourth-order valence-electron chi connectivity index (χ4n) is 1.77. The van der Waals surface area contributed by atoms with E-state index < -0.39 is 0 Å². The molecule has 1 aromatic heterocycles. The summed E-state index contributed by atoms with van der Waals surface area (Å²) in [6.45, 7) is 3.33. The molecule has 1 aromatic carbocycles. The average Bonchev–Trinajstić information content (AvgIpc) is 2.44. The van der Waals surface area contributed by atoms with E-state index in [1.54, 1.807) is 7.11 Å². The van der Waals surface area contributed by atoms with Crippen LogP contribution in [0, 0.1) is 3.57 Å². The van der Waals surface area contributed by atoms with Gasteiger partial charge in [0.1, 0.15) is 5.82 Å². The Kier molecular flexibility index (Phi) is 5.74. The van der Waals surface area contributed by atoms with Crippen LogP contribution in [0.5, 0.6) is 0 Å². The van der Waals surface area contributed by atoms with Crippen molar-refractivity contribution >= 4 is 44.3 Å². The van der Waals surface area contributed by atoms with E-state index in [0.29, 0.717) is 12.4 Å². The number of benzene rings is 1. The third-order valence-corrected chi connectivity index (χ3v) is 4.48. The fraction of sp³-hybridized carbons (Fsp3) is 0.286. The van der Waals surface area contributed by atoms with Crippen LogP contribution in [-0.4, -0.2) is 23.6 Å². The van der Waals surface area contributed by atoms with E-state index in [0.717, 1.165) is 31.7 Å². The normalized spacial score (nSPS) is 10.6. The van der Waals surface area contributed by atoms with Crippen molar-refractivity contribution < 1.29 is 4.74 Å². The number of rotatable bonds is 5. The predicted molar refractivity (Wildman–Crippen MR) is 92.8 cm³/mol. The summed E-state index contributed by atoms with van der Waals surface area (Å²) in [4.78, 5) is 9.24. The van der Waals surface area contributed by atoms with E-state index in [4.69, 9.17) is 4.74 Å². The first-order chi connectivity index (χ1) is 9.67. The Morgan fingerprint density at radius 1 is 1.30 bits per heavy atom. The molecule has 4 nitrogen and oxygen atoms in total. The van der Waals surface area contributed by atoms with Gasteiger partial charge >= 0.3 is 0 Å². The van der Waals surface area contributed by atoms with Gasteiger partial charge in [0.05, 0.1) is 15.9 Å². The fourth-order valence-corrected chi connectivity index (χ4v) is 2.82. The van der Waals surface area contributed by atoms with E-state index >= 15 is 0 Å². The first kappa shape index (κ1) is 15.7. The van der Waals surface area contributed by atoms with E-state index in [2.05, 4.69) is 53.8 Å². The molecule has 1 heterocycles. The highest BCUT2D eigenvalue weighted by molar-refractivity contribution is 14.1. The molecule has 2 aromatic rings. The summed E-state index contributed by atoms with van der Waals surface area (Å²) in [6, 6.07) is 7.93. The molecular weight excluding hydrogens is 433 g/mol. The zero-order valence-electron chi connectivity index (χ0n) is 11.3. The lowest BCUT2D eigenvalue weighted by Gasteiger charge is -2.12. The number of aromatic nitrogens is 2. The van der Waals surface area contributed by atoms with Crippen LogP contribution >= 0.6 is 38.5 Å². The molecule has 0 fully saturated rings. The topological polar surface area (TPSA) is 47.0 Å².